The highest BCUT2D eigenvalue weighted by Gasteiger charge is 2.21. The molecule has 0 radical (unpaired) electrons. The van der Waals surface area contributed by atoms with Crippen LogP contribution in [0.1, 0.15) is 6.92 Å². The van der Waals surface area contributed by atoms with Gasteiger partial charge in [0, 0.05) is 0 Å². The van der Waals surface area contributed by atoms with Gasteiger partial charge in [-0.3, -0.25) is 0 Å². The van der Waals surface area contributed by atoms with E-state index in [0.29, 0.717) is 5.75 Å². The standard InChI is InChI=1S/C6H5Cl3N2OS/c1-2-13(12)3-4(7)10-6(9)11-5(3)8/h2H2,1H3. The SMILES string of the molecule is CC[S+]([O-])c1c(Cl)nc(Cl)nc1Cl. The highest BCUT2D eigenvalue weighted by Crippen LogP contribution is 2.28. The molecule has 13 heavy (non-hydrogen) atoms. The first kappa shape index (κ1) is 11.3. The quantitative estimate of drug-likeness (QED) is 0.466. The summed E-state index contributed by atoms with van der Waals surface area (Å²) in [6, 6.07) is 0. The average Bonchev–Trinajstić information content (AvgIpc) is 2.02. The minimum Gasteiger partial charge on any atom is -0.611 e. The molecule has 3 nitrogen and oxygen atoms in total. The highest BCUT2D eigenvalue weighted by molar-refractivity contribution is 7.91. The van der Waals surface area contributed by atoms with Crippen LogP contribution in [0.3, 0.4) is 0 Å². The smallest absolute Gasteiger partial charge is 0.227 e. The lowest BCUT2D eigenvalue weighted by Crippen LogP contribution is -2.07. The molecule has 1 unspecified atom stereocenters. The van der Waals surface area contributed by atoms with E-state index >= 15 is 0 Å². The van der Waals surface area contributed by atoms with Crippen LogP contribution in [0.5, 0.6) is 0 Å². The molecule has 0 saturated heterocycles. The lowest BCUT2D eigenvalue weighted by atomic mass is 10.7. The van der Waals surface area contributed by atoms with E-state index in [0.717, 1.165) is 0 Å². The van der Waals surface area contributed by atoms with Crippen LogP contribution in [-0.2, 0) is 11.2 Å². The molecular weight excluding hydrogens is 255 g/mol. The molecule has 0 aliphatic heterocycles. The van der Waals surface area contributed by atoms with Crippen LogP contribution in [0.15, 0.2) is 4.90 Å². The van der Waals surface area contributed by atoms with Gasteiger partial charge in [-0.15, -0.1) is 0 Å². The maximum absolute atomic E-state index is 11.4. The summed E-state index contributed by atoms with van der Waals surface area (Å²) in [6.45, 7) is 1.75. The zero-order valence-corrected chi connectivity index (χ0v) is 9.64. The van der Waals surface area contributed by atoms with Crippen molar-refractivity contribution in [2.75, 3.05) is 5.75 Å². The Labute approximate surface area is 93.6 Å². The van der Waals surface area contributed by atoms with Gasteiger partial charge in [-0.25, -0.2) is 9.97 Å². The molecule has 0 aliphatic carbocycles. The van der Waals surface area contributed by atoms with Crippen LogP contribution in [0, 0.1) is 0 Å². The Morgan fingerprint density at radius 3 is 2.08 bits per heavy atom. The normalized spacial score (nSPS) is 13.0. The van der Waals surface area contributed by atoms with Crippen molar-refractivity contribution < 1.29 is 4.55 Å². The van der Waals surface area contributed by atoms with Gasteiger partial charge in [-0.1, -0.05) is 23.2 Å². The molecule has 72 valence electrons. The van der Waals surface area contributed by atoms with Crippen molar-refractivity contribution in [1.82, 2.24) is 9.97 Å². The Morgan fingerprint density at radius 1 is 1.23 bits per heavy atom. The van der Waals surface area contributed by atoms with Gasteiger partial charge >= 0.3 is 0 Å². The lowest BCUT2D eigenvalue weighted by molar-refractivity contribution is 0.595. The summed E-state index contributed by atoms with van der Waals surface area (Å²) in [5.74, 6) is 0.407. The molecule has 1 rings (SSSR count). The van der Waals surface area contributed by atoms with Gasteiger partial charge < -0.3 is 4.55 Å². The topological polar surface area (TPSA) is 48.8 Å². The third-order valence-electron chi connectivity index (χ3n) is 1.25. The predicted molar refractivity (Wildman–Crippen MR) is 54.0 cm³/mol. The Kier molecular flexibility index (Phi) is 4.06. The lowest BCUT2D eigenvalue weighted by Gasteiger charge is -2.09. The van der Waals surface area contributed by atoms with Crippen molar-refractivity contribution in [3.63, 3.8) is 0 Å². The van der Waals surface area contributed by atoms with Crippen molar-refractivity contribution >= 4 is 46.0 Å². The number of halogens is 3. The zero-order valence-electron chi connectivity index (χ0n) is 6.55. The van der Waals surface area contributed by atoms with Crippen molar-refractivity contribution in [2.45, 2.75) is 11.8 Å². The Bertz CT molecular complexity index is 300. The van der Waals surface area contributed by atoms with Crippen molar-refractivity contribution in [3.05, 3.63) is 15.6 Å². The van der Waals surface area contributed by atoms with E-state index in [1.54, 1.807) is 6.92 Å². The van der Waals surface area contributed by atoms with E-state index in [1.807, 2.05) is 0 Å². The van der Waals surface area contributed by atoms with E-state index in [-0.39, 0.29) is 20.5 Å². The summed E-state index contributed by atoms with van der Waals surface area (Å²) in [5.41, 5.74) is 0. The molecule has 1 aromatic rings. The molecule has 1 atom stereocenters. The number of aromatic nitrogens is 2. The molecule has 0 spiro atoms. The fraction of sp³-hybridized carbons (Fsp3) is 0.333. The van der Waals surface area contributed by atoms with Gasteiger partial charge in [0.1, 0.15) is 5.75 Å². The monoisotopic (exact) mass is 258 g/mol. The van der Waals surface area contributed by atoms with Crippen LogP contribution >= 0.6 is 34.8 Å². The van der Waals surface area contributed by atoms with Crippen LogP contribution in [0.25, 0.3) is 0 Å². The van der Waals surface area contributed by atoms with Crippen molar-refractivity contribution in [2.24, 2.45) is 0 Å². The van der Waals surface area contributed by atoms with Gasteiger partial charge in [0.15, 0.2) is 10.3 Å². The van der Waals surface area contributed by atoms with Crippen LogP contribution in [-0.4, -0.2) is 20.3 Å². The van der Waals surface area contributed by atoms with E-state index in [1.165, 1.54) is 0 Å². The minimum absolute atomic E-state index is 0.0465. The third kappa shape index (κ3) is 2.60. The van der Waals surface area contributed by atoms with E-state index < -0.39 is 11.2 Å². The van der Waals surface area contributed by atoms with E-state index in [9.17, 15) is 4.55 Å². The summed E-state index contributed by atoms with van der Waals surface area (Å²) in [5, 5.41) is 0.0437. The summed E-state index contributed by atoms with van der Waals surface area (Å²) < 4.78 is 11.4. The molecule has 0 fully saturated rings. The van der Waals surface area contributed by atoms with Gasteiger partial charge in [-0.05, 0) is 29.7 Å². The van der Waals surface area contributed by atoms with E-state index in [2.05, 4.69) is 9.97 Å². The predicted octanol–water partition coefficient (Wildman–Crippen LogP) is 2.56. The zero-order chi connectivity index (χ0) is 10.0. The Morgan fingerprint density at radius 2 is 1.69 bits per heavy atom. The molecule has 0 saturated carbocycles. The third-order valence-corrected chi connectivity index (χ3v) is 3.55. The number of hydrogen-bond acceptors (Lipinski definition) is 3. The van der Waals surface area contributed by atoms with Crippen LogP contribution in [0.4, 0.5) is 0 Å². The molecule has 1 aromatic heterocycles. The first-order chi connectivity index (χ1) is 6.06. The molecule has 0 aromatic carbocycles. The second-order valence-electron chi connectivity index (χ2n) is 2.04. The minimum atomic E-state index is -1.27. The highest BCUT2D eigenvalue weighted by atomic mass is 35.5. The largest absolute Gasteiger partial charge is 0.611 e. The number of hydrogen-bond donors (Lipinski definition) is 0. The fourth-order valence-electron chi connectivity index (χ4n) is 0.706. The molecule has 0 N–H and O–H groups in total. The fourth-order valence-corrected chi connectivity index (χ4v) is 2.62. The maximum atomic E-state index is 11.4. The van der Waals surface area contributed by atoms with Gasteiger partial charge in [-0.2, -0.15) is 0 Å². The molecule has 7 heteroatoms. The average molecular weight is 260 g/mol. The first-order valence-electron chi connectivity index (χ1n) is 3.33. The second kappa shape index (κ2) is 4.66. The maximum Gasteiger partial charge on any atom is 0.227 e. The molecule has 0 bridgehead atoms. The summed E-state index contributed by atoms with van der Waals surface area (Å²) in [6.07, 6.45) is 0. The molecule has 0 amide bonds. The second-order valence-corrected chi connectivity index (χ2v) is 4.77. The van der Waals surface area contributed by atoms with Crippen LogP contribution < -0.4 is 0 Å². The molecular formula is C6H5Cl3N2OS. The van der Waals surface area contributed by atoms with Crippen molar-refractivity contribution in [1.29, 1.82) is 0 Å². The van der Waals surface area contributed by atoms with Gasteiger partial charge in [0.2, 0.25) is 10.2 Å². The van der Waals surface area contributed by atoms with E-state index in [4.69, 9.17) is 34.8 Å². The summed E-state index contributed by atoms with van der Waals surface area (Å²) in [7, 11) is 0. The van der Waals surface area contributed by atoms with Gasteiger partial charge in [0.25, 0.3) is 0 Å². The summed E-state index contributed by atoms with van der Waals surface area (Å²) >= 11 is 15.6. The number of rotatable bonds is 2. The van der Waals surface area contributed by atoms with Crippen molar-refractivity contribution in [3.8, 4) is 0 Å². The summed E-state index contributed by atoms with van der Waals surface area (Å²) in [4.78, 5) is 7.54. The molecule has 0 aliphatic rings. The van der Waals surface area contributed by atoms with Crippen LogP contribution in [0.2, 0.25) is 15.6 Å². The molecule has 1 heterocycles. The number of nitrogens with zero attached hydrogens (tertiary/aromatic N) is 2. The Balaban J connectivity index is 3.20. The Hall–Kier alpha value is 0.260. The van der Waals surface area contributed by atoms with Gasteiger partial charge in [0.05, 0.1) is 0 Å². The first-order valence-corrected chi connectivity index (χ1v) is 5.78.